The van der Waals surface area contributed by atoms with E-state index >= 15 is 0 Å². The Bertz CT molecular complexity index is 2320. The summed E-state index contributed by atoms with van der Waals surface area (Å²) < 4.78 is 0. The third-order valence-corrected chi connectivity index (χ3v) is 10.6. The molecule has 58 heavy (non-hydrogen) atoms. The fourth-order valence-corrected chi connectivity index (χ4v) is 7.58. The molecular formula is C53H56N2O3. The highest BCUT2D eigenvalue weighted by Crippen LogP contribution is 2.34. The normalized spacial score (nSPS) is 12.4. The smallest absolute Gasteiger partial charge is 0.125 e. The Labute approximate surface area is 345 Å². The molecule has 6 aromatic carbocycles. The molecule has 0 unspecified atom stereocenters. The van der Waals surface area contributed by atoms with E-state index in [9.17, 15) is 15.3 Å². The van der Waals surface area contributed by atoms with E-state index in [1.165, 1.54) is 0 Å². The van der Waals surface area contributed by atoms with Crippen molar-refractivity contribution < 1.29 is 15.3 Å². The minimum absolute atomic E-state index is 0.304. The third kappa shape index (κ3) is 10.8. The molecule has 0 aromatic heterocycles. The lowest BCUT2D eigenvalue weighted by atomic mass is 9.96. The van der Waals surface area contributed by atoms with Crippen molar-refractivity contribution in [2.24, 2.45) is 0 Å². The zero-order valence-corrected chi connectivity index (χ0v) is 34.7. The minimum Gasteiger partial charge on any atom is -0.507 e. The van der Waals surface area contributed by atoms with Crippen LogP contribution in [0.4, 0.5) is 0 Å². The molecule has 0 heterocycles. The van der Waals surface area contributed by atoms with Gasteiger partial charge in [0.15, 0.2) is 0 Å². The van der Waals surface area contributed by atoms with Crippen LogP contribution in [-0.2, 0) is 19.6 Å². The first kappa shape index (κ1) is 41.5. The van der Waals surface area contributed by atoms with Crippen LogP contribution in [0.5, 0.6) is 17.2 Å². The summed E-state index contributed by atoms with van der Waals surface area (Å²) in [7, 11) is 0. The molecule has 0 saturated carbocycles. The number of aryl methyl sites for hydroxylation is 3. The molecule has 0 atom stereocenters. The molecule has 0 bridgehead atoms. The van der Waals surface area contributed by atoms with Crippen LogP contribution >= 0.6 is 0 Å². The molecule has 5 heteroatoms. The highest BCUT2D eigenvalue weighted by atomic mass is 16.3. The number of aromatic hydroxyl groups is 3. The summed E-state index contributed by atoms with van der Waals surface area (Å²) in [6, 6.07) is 43.1. The molecule has 0 amide bonds. The monoisotopic (exact) mass is 768 g/mol. The molecule has 6 rings (SSSR count). The number of phenols is 3. The van der Waals surface area contributed by atoms with E-state index in [0.29, 0.717) is 36.9 Å². The van der Waals surface area contributed by atoms with Gasteiger partial charge in [-0.2, -0.15) is 0 Å². The summed E-state index contributed by atoms with van der Waals surface area (Å²) in [5, 5.41) is 37.1. The second-order valence-electron chi connectivity index (χ2n) is 15.5. The zero-order valence-electron chi connectivity index (χ0n) is 34.7. The molecule has 5 nitrogen and oxygen atoms in total. The predicted molar refractivity (Wildman–Crippen MR) is 244 cm³/mol. The molecule has 6 aromatic rings. The standard InChI is InChI=1S/C53H56N2O3/c1-36(24-42-16-10-7-11-17-42)48-30-45(27-39(4)51(48)56)33-54-22-23-55(34-46-28-40(5)52(57)49(31-46)37(2)25-43-18-12-8-13-19-43)35-47-29-41(6)53(58)50(32-47)38(3)26-44-20-14-9-15-21-44/h7-21,24-32,54,56-58H,22-23,33-35H2,1-6H3. The summed E-state index contributed by atoms with van der Waals surface area (Å²) in [5.74, 6) is 0.923. The lowest BCUT2D eigenvalue weighted by molar-refractivity contribution is 0.256. The number of nitrogens with zero attached hydrogens (tertiary/aromatic N) is 1. The number of phenolic OH excluding ortho intramolecular Hbond substituents is 3. The Balaban J connectivity index is 1.26. The van der Waals surface area contributed by atoms with Crippen LogP contribution in [-0.4, -0.2) is 33.3 Å². The van der Waals surface area contributed by atoms with E-state index in [1.54, 1.807) is 0 Å². The molecule has 4 N–H and O–H groups in total. The van der Waals surface area contributed by atoms with Gasteiger partial charge in [0.05, 0.1) is 0 Å². The molecule has 0 radical (unpaired) electrons. The van der Waals surface area contributed by atoms with Crippen LogP contribution < -0.4 is 5.32 Å². The summed E-state index contributed by atoms with van der Waals surface area (Å²) in [5.41, 5.74) is 14.6. The van der Waals surface area contributed by atoms with E-state index in [-0.39, 0.29) is 0 Å². The maximum absolute atomic E-state index is 11.2. The lowest BCUT2D eigenvalue weighted by Crippen LogP contribution is -2.31. The maximum Gasteiger partial charge on any atom is 0.125 e. The zero-order chi connectivity index (χ0) is 41.2. The van der Waals surface area contributed by atoms with Crippen LogP contribution in [0.3, 0.4) is 0 Å². The van der Waals surface area contributed by atoms with Crippen molar-refractivity contribution in [3.8, 4) is 17.2 Å². The van der Waals surface area contributed by atoms with Gasteiger partial charge < -0.3 is 20.6 Å². The Hall–Kier alpha value is -6.14. The number of rotatable bonds is 15. The average Bonchev–Trinajstić information content (AvgIpc) is 3.21. The number of nitrogens with one attached hydrogen (secondary N) is 1. The first-order valence-corrected chi connectivity index (χ1v) is 20.1. The van der Waals surface area contributed by atoms with Crippen LogP contribution in [0.25, 0.3) is 34.9 Å². The Kier molecular flexibility index (Phi) is 13.8. The second kappa shape index (κ2) is 19.3. The average molecular weight is 769 g/mol. The molecule has 296 valence electrons. The van der Waals surface area contributed by atoms with Crippen molar-refractivity contribution in [1.82, 2.24) is 10.2 Å². The Morgan fingerprint density at radius 3 is 1.17 bits per heavy atom. The van der Waals surface area contributed by atoms with Gasteiger partial charge in [0.1, 0.15) is 17.2 Å². The molecule has 0 saturated heterocycles. The van der Waals surface area contributed by atoms with E-state index in [4.69, 9.17) is 0 Å². The van der Waals surface area contributed by atoms with Crippen LogP contribution in [0.15, 0.2) is 127 Å². The SMILES string of the molecule is CC(=Cc1ccccc1)c1cc(CNCCN(Cc2cc(C)c(O)c(C(C)=Cc3ccccc3)c2)Cc2cc(C)c(O)c(C(C)=Cc3ccccc3)c2)cc(C)c1O. The van der Waals surface area contributed by atoms with Gasteiger partial charge in [-0.3, -0.25) is 4.90 Å². The van der Waals surface area contributed by atoms with Crippen molar-refractivity contribution in [2.75, 3.05) is 13.1 Å². The van der Waals surface area contributed by atoms with Gasteiger partial charge in [-0.15, -0.1) is 0 Å². The highest BCUT2D eigenvalue weighted by molar-refractivity contribution is 5.85. The lowest BCUT2D eigenvalue weighted by Gasteiger charge is -2.25. The van der Waals surface area contributed by atoms with Crippen LogP contribution in [0.2, 0.25) is 0 Å². The molecular weight excluding hydrogens is 713 g/mol. The van der Waals surface area contributed by atoms with Crippen molar-refractivity contribution in [1.29, 1.82) is 0 Å². The van der Waals surface area contributed by atoms with Gasteiger partial charge in [-0.1, -0.05) is 127 Å². The van der Waals surface area contributed by atoms with Crippen LogP contribution in [0.1, 0.15) is 87.5 Å². The fourth-order valence-electron chi connectivity index (χ4n) is 7.58. The Morgan fingerprint density at radius 1 is 0.483 bits per heavy atom. The van der Waals surface area contributed by atoms with Gasteiger partial charge in [0.25, 0.3) is 0 Å². The predicted octanol–water partition coefficient (Wildman–Crippen LogP) is 12.2. The number of benzene rings is 6. The van der Waals surface area contributed by atoms with Gasteiger partial charge in [-0.25, -0.2) is 0 Å². The summed E-state index contributed by atoms with van der Waals surface area (Å²) >= 11 is 0. The van der Waals surface area contributed by atoms with Crippen molar-refractivity contribution >= 4 is 34.9 Å². The number of hydrogen-bond acceptors (Lipinski definition) is 5. The number of hydrogen-bond donors (Lipinski definition) is 4. The largest absolute Gasteiger partial charge is 0.507 e. The van der Waals surface area contributed by atoms with Gasteiger partial charge in [0, 0.05) is 49.4 Å². The summed E-state index contributed by atoms with van der Waals surface area (Å²) in [4.78, 5) is 2.42. The summed E-state index contributed by atoms with van der Waals surface area (Å²) in [6.45, 7) is 15.5. The molecule has 0 aliphatic rings. The van der Waals surface area contributed by atoms with Crippen molar-refractivity contribution in [3.63, 3.8) is 0 Å². The first-order valence-electron chi connectivity index (χ1n) is 20.1. The Morgan fingerprint density at radius 2 is 0.810 bits per heavy atom. The van der Waals surface area contributed by atoms with E-state index in [1.807, 2.05) is 82.3 Å². The quantitative estimate of drug-likeness (QED) is 0.0618. The fraction of sp³-hybridized carbons (Fsp3) is 0.208. The van der Waals surface area contributed by atoms with Gasteiger partial charge >= 0.3 is 0 Å². The first-order chi connectivity index (χ1) is 27.9. The van der Waals surface area contributed by atoms with E-state index < -0.39 is 0 Å². The topological polar surface area (TPSA) is 76.0 Å². The molecule has 0 aliphatic heterocycles. The maximum atomic E-state index is 11.2. The molecule has 0 spiro atoms. The van der Waals surface area contributed by atoms with Crippen molar-refractivity contribution in [3.05, 3.63) is 194 Å². The van der Waals surface area contributed by atoms with E-state index in [2.05, 4.69) is 115 Å². The van der Waals surface area contributed by atoms with Crippen molar-refractivity contribution in [2.45, 2.75) is 61.2 Å². The number of allylic oxidation sites excluding steroid dienone is 3. The molecule has 0 fully saturated rings. The molecule has 0 aliphatic carbocycles. The minimum atomic E-state index is 0.304. The van der Waals surface area contributed by atoms with E-state index in [0.717, 1.165) is 96.6 Å². The van der Waals surface area contributed by atoms with Crippen LogP contribution in [0, 0.1) is 20.8 Å². The summed E-state index contributed by atoms with van der Waals surface area (Å²) in [6.07, 6.45) is 6.33. The van der Waals surface area contributed by atoms with Gasteiger partial charge in [-0.05, 0) is 127 Å². The highest BCUT2D eigenvalue weighted by Gasteiger charge is 2.16. The van der Waals surface area contributed by atoms with Gasteiger partial charge in [0.2, 0.25) is 0 Å². The second-order valence-corrected chi connectivity index (χ2v) is 15.5. The third-order valence-electron chi connectivity index (χ3n) is 10.6.